The van der Waals surface area contributed by atoms with Crippen LogP contribution in [0.25, 0.3) is 0 Å². The largest absolute Gasteiger partial charge is 0.392 e. The minimum Gasteiger partial charge on any atom is -0.392 e. The number of hydrogen-bond donors (Lipinski definition) is 0. The monoisotopic (exact) mass is 242 g/mol. The second kappa shape index (κ2) is 8.61. The van der Waals surface area contributed by atoms with Crippen LogP contribution >= 0.6 is 0 Å². The van der Waals surface area contributed by atoms with Gasteiger partial charge in [-0.05, 0) is 6.42 Å². The summed E-state index contributed by atoms with van der Waals surface area (Å²) in [5, 5.41) is 0. The lowest BCUT2D eigenvalue weighted by Gasteiger charge is -2.01. The van der Waals surface area contributed by atoms with Gasteiger partial charge in [0.05, 0.1) is 0 Å². The van der Waals surface area contributed by atoms with E-state index in [1.165, 1.54) is 0 Å². The summed E-state index contributed by atoms with van der Waals surface area (Å²) < 4.78 is 4.35. The van der Waals surface area contributed by atoms with Crippen LogP contribution in [0, 0.1) is 0 Å². The maximum Gasteiger partial charge on any atom is 0.320 e. The quantitative estimate of drug-likeness (QED) is 0.477. The predicted molar refractivity (Wildman–Crippen MR) is 60.2 cm³/mol. The van der Waals surface area contributed by atoms with Crippen molar-refractivity contribution in [3.8, 4) is 0 Å². The van der Waals surface area contributed by atoms with Gasteiger partial charge in [-0.15, -0.1) is 0 Å². The predicted octanol–water partition coefficient (Wildman–Crippen LogP) is 1.57. The van der Waals surface area contributed by atoms with Gasteiger partial charge in [-0.2, -0.15) is 0 Å². The summed E-state index contributed by atoms with van der Waals surface area (Å²) in [6, 6.07) is 0. The molecule has 0 rings (SSSR count). The first-order valence-electron chi connectivity index (χ1n) is 5.76. The molecule has 0 heterocycles. The molecule has 17 heavy (non-hydrogen) atoms. The van der Waals surface area contributed by atoms with Crippen LogP contribution in [0.15, 0.2) is 0 Å². The molecule has 0 aromatic carbocycles. The lowest BCUT2D eigenvalue weighted by Crippen LogP contribution is -2.18. The molecule has 0 bridgehead atoms. The summed E-state index contributed by atoms with van der Waals surface area (Å²) in [6.45, 7) is 3.55. The molecule has 0 aliphatic heterocycles. The summed E-state index contributed by atoms with van der Waals surface area (Å²) in [5.41, 5.74) is 0. The number of ether oxygens (including phenoxy) is 1. The van der Waals surface area contributed by atoms with E-state index in [2.05, 4.69) is 4.74 Å². The van der Waals surface area contributed by atoms with Gasteiger partial charge in [0.1, 0.15) is 24.4 Å². The summed E-state index contributed by atoms with van der Waals surface area (Å²) in [5.74, 6) is -2.29. The van der Waals surface area contributed by atoms with Crippen LogP contribution in [0.3, 0.4) is 0 Å². The van der Waals surface area contributed by atoms with E-state index in [0.717, 1.165) is 6.42 Å². The molecule has 0 aromatic heterocycles. The van der Waals surface area contributed by atoms with Gasteiger partial charge < -0.3 is 4.74 Å². The summed E-state index contributed by atoms with van der Waals surface area (Å²) in [4.78, 5) is 44.2. The Labute approximate surface area is 101 Å². The molecule has 5 nitrogen and oxygen atoms in total. The SMILES string of the molecule is CCCCC(=O)CC(=O)OC(=O)CC(=O)CC. The van der Waals surface area contributed by atoms with Crippen molar-refractivity contribution < 1.29 is 23.9 Å². The summed E-state index contributed by atoms with van der Waals surface area (Å²) >= 11 is 0. The van der Waals surface area contributed by atoms with E-state index in [4.69, 9.17) is 0 Å². The molecule has 0 spiro atoms. The van der Waals surface area contributed by atoms with Gasteiger partial charge in [-0.25, -0.2) is 0 Å². The number of hydrogen-bond acceptors (Lipinski definition) is 5. The standard InChI is InChI=1S/C12H18O5/c1-3-5-6-10(14)8-12(16)17-11(15)7-9(13)4-2/h3-8H2,1-2H3. The average molecular weight is 242 g/mol. The highest BCUT2D eigenvalue weighted by molar-refractivity contribution is 6.03. The van der Waals surface area contributed by atoms with E-state index in [0.29, 0.717) is 12.8 Å². The second-order valence-corrected chi connectivity index (χ2v) is 3.73. The molecular weight excluding hydrogens is 224 g/mol. The van der Waals surface area contributed by atoms with Gasteiger partial charge >= 0.3 is 11.9 Å². The highest BCUT2D eigenvalue weighted by Gasteiger charge is 2.16. The molecule has 0 fully saturated rings. The molecule has 0 aliphatic carbocycles. The third kappa shape index (κ3) is 8.30. The maximum atomic E-state index is 11.2. The third-order valence-corrected chi connectivity index (χ3v) is 2.11. The van der Waals surface area contributed by atoms with Crippen molar-refractivity contribution in [2.45, 2.75) is 52.4 Å². The van der Waals surface area contributed by atoms with E-state index in [1.54, 1.807) is 6.92 Å². The molecule has 0 amide bonds. The molecule has 0 atom stereocenters. The van der Waals surface area contributed by atoms with Crippen LogP contribution in [0.2, 0.25) is 0 Å². The molecular formula is C12H18O5. The van der Waals surface area contributed by atoms with Crippen molar-refractivity contribution in [2.24, 2.45) is 0 Å². The van der Waals surface area contributed by atoms with Crippen LogP contribution < -0.4 is 0 Å². The first-order valence-corrected chi connectivity index (χ1v) is 5.76. The van der Waals surface area contributed by atoms with Crippen molar-refractivity contribution in [2.75, 3.05) is 0 Å². The van der Waals surface area contributed by atoms with E-state index in [9.17, 15) is 19.2 Å². The van der Waals surface area contributed by atoms with Gasteiger partial charge in [-0.3, -0.25) is 19.2 Å². The highest BCUT2D eigenvalue weighted by atomic mass is 16.6. The van der Waals surface area contributed by atoms with E-state index in [1.807, 2.05) is 6.92 Å². The first kappa shape index (κ1) is 15.5. The Balaban J connectivity index is 3.89. The second-order valence-electron chi connectivity index (χ2n) is 3.73. The summed E-state index contributed by atoms with van der Waals surface area (Å²) in [6.07, 6.45) is 1.31. The Morgan fingerprint density at radius 2 is 1.41 bits per heavy atom. The van der Waals surface area contributed by atoms with Crippen molar-refractivity contribution in [3.05, 3.63) is 0 Å². The van der Waals surface area contributed by atoms with Crippen LogP contribution in [0.4, 0.5) is 0 Å². The van der Waals surface area contributed by atoms with Crippen molar-refractivity contribution in [1.82, 2.24) is 0 Å². The van der Waals surface area contributed by atoms with Crippen LogP contribution in [-0.2, 0) is 23.9 Å². The zero-order chi connectivity index (χ0) is 13.3. The molecule has 0 saturated carbocycles. The van der Waals surface area contributed by atoms with Gasteiger partial charge in [0, 0.05) is 12.8 Å². The fourth-order valence-corrected chi connectivity index (χ4v) is 1.11. The van der Waals surface area contributed by atoms with Gasteiger partial charge in [0.2, 0.25) is 0 Å². The lowest BCUT2D eigenvalue weighted by atomic mass is 10.1. The fourth-order valence-electron chi connectivity index (χ4n) is 1.11. The van der Waals surface area contributed by atoms with E-state index < -0.39 is 24.8 Å². The zero-order valence-electron chi connectivity index (χ0n) is 10.3. The zero-order valence-corrected chi connectivity index (χ0v) is 10.3. The Morgan fingerprint density at radius 3 is 1.88 bits per heavy atom. The molecule has 0 saturated heterocycles. The molecule has 0 N–H and O–H groups in total. The lowest BCUT2D eigenvalue weighted by molar-refractivity contribution is -0.160. The molecule has 0 radical (unpaired) electrons. The van der Waals surface area contributed by atoms with Gasteiger partial charge in [0.25, 0.3) is 0 Å². The smallest absolute Gasteiger partial charge is 0.320 e. The van der Waals surface area contributed by atoms with E-state index >= 15 is 0 Å². The molecule has 0 aliphatic rings. The van der Waals surface area contributed by atoms with Gasteiger partial charge in [-0.1, -0.05) is 20.3 Å². The molecule has 96 valence electrons. The number of carbonyl (C=O) groups is 4. The fraction of sp³-hybridized carbons (Fsp3) is 0.667. The Hall–Kier alpha value is -1.52. The maximum absolute atomic E-state index is 11.2. The van der Waals surface area contributed by atoms with Crippen molar-refractivity contribution >= 4 is 23.5 Å². The van der Waals surface area contributed by atoms with Gasteiger partial charge in [0.15, 0.2) is 0 Å². The van der Waals surface area contributed by atoms with Crippen LogP contribution in [-0.4, -0.2) is 23.5 Å². The highest BCUT2D eigenvalue weighted by Crippen LogP contribution is 2.01. The molecule has 0 aromatic rings. The Bertz CT molecular complexity index is 306. The number of esters is 2. The minimum atomic E-state index is -0.884. The van der Waals surface area contributed by atoms with E-state index in [-0.39, 0.29) is 18.0 Å². The van der Waals surface area contributed by atoms with Crippen LogP contribution in [0.5, 0.6) is 0 Å². The Kier molecular flexibility index (Phi) is 7.84. The topological polar surface area (TPSA) is 77.5 Å². The van der Waals surface area contributed by atoms with Crippen molar-refractivity contribution in [3.63, 3.8) is 0 Å². The summed E-state index contributed by atoms with van der Waals surface area (Å²) in [7, 11) is 0. The third-order valence-electron chi connectivity index (χ3n) is 2.11. The number of Topliss-reactive ketones (excluding diaryl/α,β-unsaturated/α-hetero) is 2. The average Bonchev–Trinajstić information content (AvgIpc) is 2.25. The number of carbonyl (C=O) groups excluding carboxylic acids is 4. The number of unbranched alkanes of at least 4 members (excludes halogenated alkanes) is 1. The Morgan fingerprint density at radius 1 is 0.882 bits per heavy atom. The molecule has 0 unspecified atom stereocenters. The van der Waals surface area contributed by atoms with Crippen LogP contribution in [0.1, 0.15) is 52.4 Å². The minimum absolute atomic E-state index is 0.221. The molecule has 5 heteroatoms. The van der Waals surface area contributed by atoms with Crippen molar-refractivity contribution in [1.29, 1.82) is 0 Å². The number of rotatable bonds is 8. The number of ketones is 2. The first-order chi connectivity index (χ1) is 7.99. The normalized spacial score (nSPS) is 9.76.